The van der Waals surface area contributed by atoms with Crippen molar-refractivity contribution in [3.63, 3.8) is 0 Å². The number of amides is 1. The quantitative estimate of drug-likeness (QED) is 0.759. The summed E-state index contributed by atoms with van der Waals surface area (Å²) in [5.74, 6) is 1.71. The second kappa shape index (κ2) is 8.39. The van der Waals surface area contributed by atoms with Gasteiger partial charge in [-0.25, -0.2) is 0 Å². The van der Waals surface area contributed by atoms with Crippen molar-refractivity contribution in [2.45, 2.75) is 19.3 Å². The van der Waals surface area contributed by atoms with Gasteiger partial charge >= 0.3 is 0 Å². The second-order valence-electron chi connectivity index (χ2n) is 5.89. The summed E-state index contributed by atoms with van der Waals surface area (Å²) in [5, 5.41) is 0. The van der Waals surface area contributed by atoms with Crippen molar-refractivity contribution >= 4 is 5.91 Å². The highest BCUT2D eigenvalue weighted by atomic mass is 16.5. The van der Waals surface area contributed by atoms with Crippen LogP contribution in [-0.2, 0) is 0 Å². The van der Waals surface area contributed by atoms with Gasteiger partial charge in [0, 0.05) is 18.7 Å². The molecule has 1 aliphatic heterocycles. The summed E-state index contributed by atoms with van der Waals surface area (Å²) in [4.78, 5) is 14.3. The van der Waals surface area contributed by atoms with Crippen LogP contribution in [0, 0.1) is 0 Å². The number of hydrogen-bond acceptors (Lipinski definition) is 3. The van der Waals surface area contributed by atoms with E-state index in [0.717, 1.165) is 43.0 Å². The maximum absolute atomic E-state index is 12.4. The molecule has 1 heterocycles. The van der Waals surface area contributed by atoms with Gasteiger partial charge < -0.3 is 14.4 Å². The lowest BCUT2D eigenvalue weighted by atomic mass is 10.1. The van der Waals surface area contributed by atoms with Crippen molar-refractivity contribution in [3.05, 3.63) is 60.2 Å². The number of hydrogen-bond donors (Lipinski definition) is 0. The van der Waals surface area contributed by atoms with Gasteiger partial charge in [-0.2, -0.15) is 0 Å². The van der Waals surface area contributed by atoms with E-state index in [4.69, 9.17) is 9.47 Å². The Morgan fingerprint density at radius 1 is 0.792 bits per heavy atom. The highest BCUT2D eigenvalue weighted by Crippen LogP contribution is 2.17. The van der Waals surface area contributed by atoms with Crippen molar-refractivity contribution in [1.82, 2.24) is 4.90 Å². The lowest BCUT2D eigenvalue weighted by Gasteiger charge is -2.26. The van der Waals surface area contributed by atoms with Crippen LogP contribution in [0.25, 0.3) is 0 Å². The highest BCUT2D eigenvalue weighted by molar-refractivity contribution is 5.94. The van der Waals surface area contributed by atoms with Gasteiger partial charge in [0.1, 0.15) is 24.7 Å². The molecule has 0 N–H and O–H groups in total. The van der Waals surface area contributed by atoms with E-state index in [-0.39, 0.29) is 5.91 Å². The molecule has 2 aromatic rings. The third kappa shape index (κ3) is 4.51. The van der Waals surface area contributed by atoms with Crippen LogP contribution in [0.15, 0.2) is 54.6 Å². The zero-order valence-corrected chi connectivity index (χ0v) is 13.8. The van der Waals surface area contributed by atoms with Crippen molar-refractivity contribution in [1.29, 1.82) is 0 Å². The molecule has 0 aliphatic carbocycles. The zero-order valence-electron chi connectivity index (χ0n) is 13.8. The number of ether oxygens (including phenoxy) is 2. The Balaban J connectivity index is 1.45. The zero-order chi connectivity index (χ0) is 16.6. The van der Waals surface area contributed by atoms with Crippen molar-refractivity contribution in [2.75, 3.05) is 26.3 Å². The van der Waals surface area contributed by atoms with Crippen LogP contribution in [-0.4, -0.2) is 37.1 Å². The van der Waals surface area contributed by atoms with Crippen LogP contribution in [0.5, 0.6) is 11.5 Å². The van der Waals surface area contributed by atoms with E-state index in [1.165, 1.54) is 6.42 Å². The molecule has 0 unspecified atom stereocenters. The summed E-state index contributed by atoms with van der Waals surface area (Å²) in [5.41, 5.74) is 0.727. The molecule has 4 heteroatoms. The number of likely N-dealkylation sites (tertiary alicyclic amines) is 1. The standard InChI is InChI=1S/C20H23NO3/c22-20(21-13-5-2-6-14-21)17-9-11-19(12-10-17)24-16-15-23-18-7-3-1-4-8-18/h1,3-4,7-12H,2,5-6,13-16H2. The molecule has 0 spiro atoms. The fourth-order valence-electron chi connectivity index (χ4n) is 2.81. The molecule has 2 aromatic carbocycles. The Hall–Kier alpha value is -2.49. The smallest absolute Gasteiger partial charge is 0.253 e. The third-order valence-electron chi connectivity index (χ3n) is 4.11. The molecule has 0 bridgehead atoms. The predicted octanol–water partition coefficient (Wildman–Crippen LogP) is 3.77. The molecule has 1 aliphatic rings. The van der Waals surface area contributed by atoms with Gasteiger partial charge in [-0.3, -0.25) is 4.79 Å². The van der Waals surface area contributed by atoms with Gasteiger partial charge in [0.25, 0.3) is 5.91 Å². The Morgan fingerprint density at radius 2 is 1.38 bits per heavy atom. The third-order valence-corrected chi connectivity index (χ3v) is 4.11. The predicted molar refractivity (Wildman–Crippen MR) is 93.6 cm³/mol. The summed E-state index contributed by atoms with van der Waals surface area (Å²) < 4.78 is 11.2. The maximum atomic E-state index is 12.4. The maximum Gasteiger partial charge on any atom is 0.253 e. The molecule has 1 fully saturated rings. The van der Waals surface area contributed by atoms with E-state index in [2.05, 4.69) is 0 Å². The summed E-state index contributed by atoms with van der Waals surface area (Å²) in [6, 6.07) is 17.0. The molecular weight excluding hydrogens is 302 g/mol. The summed E-state index contributed by atoms with van der Waals surface area (Å²) >= 11 is 0. The normalized spacial score (nSPS) is 14.2. The molecule has 0 radical (unpaired) electrons. The van der Waals surface area contributed by atoms with Gasteiger partial charge in [0.15, 0.2) is 0 Å². The fraction of sp³-hybridized carbons (Fsp3) is 0.350. The van der Waals surface area contributed by atoms with Crippen LogP contribution in [0.4, 0.5) is 0 Å². The molecule has 1 saturated heterocycles. The molecule has 0 aromatic heterocycles. The van der Waals surface area contributed by atoms with Crippen LogP contribution in [0.3, 0.4) is 0 Å². The van der Waals surface area contributed by atoms with E-state index in [9.17, 15) is 4.79 Å². The molecule has 126 valence electrons. The summed E-state index contributed by atoms with van der Waals surface area (Å²) in [6.45, 7) is 2.69. The van der Waals surface area contributed by atoms with Crippen LogP contribution >= 0.6 is 0 Å². The average Bonchev–Trinajstić information content (AvgIpc) is 2.67. The van der Waals surface area contributed by atoms with Gasteiger partial charge in [0.05, 0.1) is 0 Å². The highest BCUT2D eigenvalue weighted by Gasteiger charge is 2.17. The lowest BCUT2D eigenvalue weighted by Crippen LogP contribution is -2.35. The Morgan fingerprint density at radius 3 is 2.00 bits per heavy atom. The van der Waals surface area contributed by atoms with Crippen molar-refractivity contribution in [3.8, 4) is 11.5 Å². The number of para-hydroxylation sites is 1. The van der Waals surface area contributed by atoms with Gasteiger partial charge in [-0.1, -0.05) is 18.2 Å². The first-order valence-corrected chi connectivity index (χ1v) is 8.53. The largest absolute Gasteiger partial charge is 0.490 e. The molecular formula is C20H23NO3. The molecule has 0 saturated carbocycles. The number of benzene rings is 2. The monoisotopic (exact) mass is 325 g/mol. The van der Waals surface area contributed by atoms with Crippen LogP contribution < -0.4 is 9.47 Å². The second-order valence-corrected chi connectivity index (χ2v) is 5.89. The molecule has 1 amide bonds. The Labute approximate surface area is 143 Å². The van der Waals surface area contributed by atoms with Crippen molar-refractivity contribution in [2.24, 2.45) is 0 Å². The Bertz CT molecular complexity index is 634. The van der Waals surface area contributed by atoms with Gasteiger partial charge in [-0.15, -0.1) is 0 Å². The van der Waals surface area contributed by atoms with E-state index in [1.807, 2.05) is 59.5 Å². The van der Waals surface area contributed by atoms with Crippen molar-refractivity contribution < 1.29 is 14.3 Å². The summed E-state index contributed by atoms with van der Waals surface area (Å²) in [6.07, 6.45) is 3.43. The van der Waals surface area contributed by atoms with E-state index in [1.54, 1.807) is 0 Å². The SMILES string of the molecule is O=C(c1ccc(OCCOc2ccccc2)cc1)N1CCCCC1. The number of rotatable bonds is 6. The molecule has 3 rings (SSSR count). The van der Waals surface area contributed by atoms with Crippen LogP contribution in [0.1, 0.15) is 29.6 Å². The average molecular weight is 325 g/mol. The van der Waals surface area contributed by atoms with Crippen LogP contribution in [0.2, 0.25) is 0 Å². The minimum atomic E-state index is 0.119. The van der Waals surface area contributed by atoms with E-state index in [0.29, 0.717) is 13.2 Å². The first-order valence-electron chi connectivity index (χ1n) is 8.53. The lowest BCUT2D eigenvalue weighted by molar-refractivity contribution is 0.0724. The van der Waals surface area contributed by atoms with Gasteiger partial charge in [-0.05, 0) is 55.7 Å². The molecule has 0 atom stereocenters. The minimum Gasteiger partial charge on any atom is -0.490 e. The number of carbonyl (C=O) groups is 1. The Kier molecular flexibility index (Phi) is 5.72. The van der Waals surface area contributed by atoms with E-state index < -0.39 is 0 Å². The number of carbonyl (C=O) groups excluding carboxylic acids is 1. The van der Waals surface area contributed by atoms with Gasteiger partial charge in [0.2, 0.25) is 0 Å². The minimum absolute atomic E-state index is 0.119. The number of piperidine rings is 1. The number of nitrogens with zero attached hydrogens (tertiary/aromatic N) is 1. The molecule has 24 heavy (non-hydrogen) atoms. The fourth-order valence-corrected chi connectivity index (χ4v) is 2.81. The molecule has 4 nitrogen and oxygen atoms in total. The summed E-state index contributed by atoms with van der Waals surface area (Å²) in [7, 11) is 0. The first-order chi connectivity index (χ1) is 11.8. The topological polar surface area (TPSA) is 38.8 Å². The first kappa shape index (κ1) is 16.4. The van der Waals surface area contributed by atoms with E-state index >= 15 is 0 Å².